The average molecular weight is 313 g/mol. The van der Waals surface area contributed by atoms with Gasteiger partial charge in [0.2, 0.25) is 5.91 Å². The van der Waals surface area contributed by atoms with Crippen molar-refractivity contribution < 1.29 is 44.3 Å². The third kappa shape index (κ3) is 2.75. The van der Waals surface area contributed by atoms with Gasteiger partial charge in [-0.05, 0) is 12.5 Å². The minimum atomic E-state index is -1.31. The van der Waals surface area contributed by atoms with Crippen molar-refractivity contribution in [3.05, 3.63) is 29.1 Å². The van der Waals surface area contributed by atoms with Gasteiger partial charge in [-0.25, -0.2) is 9.97 Å². The maximum absolute atomic E-state index is 11.9. The molecular formula is C13H12N3NaO3S. The fraction of sp³-hybridized carbons (Fsp3) is 0.385. The molecular weight excluding hydrogens is 301 g/mol. The van der Waals surface area contributed by atoms with E-state index in [4.69, 9.17) is 0 Å². The third-order valence-corrected chi connectivity index (χ3v) is 4.64. The Kier molecular flexibility index (Phi) is 5.08. The zero-order valence-corrected chi connectivity index (χ0v) is 14.6. The molecule has 1 amide bonds. The van der Waals surface area contributed by atoms with Crippen molar-refractivity contribution in [2.24, 2.45) is 5.92 Å². The number of rotatable bonds is 4. The van der Waals surface area contributed by atoms with E-state index >= 15 is 0 Å². The van der Waals surface area contributed by atoms with Crippen LogP contribution in [-0.2, 0) is 9.59 Å². The van der Waals surface area contributed by atoms with Crippen molar-refractivity contribution in [1.29, 1.82) is 0 Å². The van der Waals surface area contributed by atoms with Crippen LogP contribution in [0, 0.1) is 5.92 Å². The standard InChI is InChI=1S/C13H13N3O3S.Na/c1-2-7-8-6-9(20-13-14-4-3-5-15-13)10(12(18)19)16(8)11(7)17;/h3-5,7-8H,2,6H2,1H3,(H,18,19);/q;+1/p-1/t7-,8-;/m1./s1. The number of nitrogens with zero attached hydrogens (tertiary/aromatic N) is 3. The van der Waals surface area contributed by atoms with Gasteiger partial charge in [-0.2, -0.15) is 0 Å². The van der Waals surface area contributed by atoms with Crippen molar-refractivity contribution in [1.82, 2.24) is 14.9 Å². The van der Waals surface area contributed by atoms with Gasteiger partial charge >= 0.3 is 29.6 Å². The SMILES string of the molecule is CC[C@H]1C(=O)N2C(C(=O)[O-])=C(Sc3ncccn3)C[C@H]12.[Na+]. The maximum atomic E-state index is 11.9. The molecule has 3 rings (SSSR count). The van der Waals surface area contributed by atoms with Crippen LogP contribution in [0.2, 0.25) is 0 Å². The molecule has 0 saturated carbocycles. The van der Waals surface area contributed by atoms with E-state index in [9.17, 15) is 14.7 Å². The molecule has 1 aromatic rings. The Labute approximate surface area is 148 Å². The topological polar surface area (TPSA) is 86.2 Å². The number of carbonyl (C=O) groups is 2. The fourth-order valence-electron chi connectivity index (χ4n) is 2.73. The Hall–Kier alpha value is -0.890. The summed E-state index contributed by atoms with van der Waals surface area (Å²) in [5.74, 6) is -1.52. The number of carbonyl (C=O) groups excluding carboxylic acids is 2. The summed E-state index contributed by atoms with van der Waals surface area (Å²) in [7, 11) is 0. The molecule has 104 valence electrons. The molecule has 2 aliphatic heterocycles. The van der Waals surface area contributed by atoms with E-state index in [1.807, 2.05) is 6.92 Å². The molecule has 0 unspecified atom stereocenters. The number of carboxylic acid groups (broad SMARTS) is 1. The van der Waals surface area contributed by atoms with E-state index in [2.05, 4.69) is 9.97 Å². The second-order valence-corrected chi connectivity index (χ2v) is 5.75. The number of aliphatic carboxylic acids is 1. The van der Waals surface area contributed by atoms with E-state index in [-0.39, 0.29) is 53.1 Å². The Morgan fingerprint density at radius 3 is 2.71 bits per heavy atom. The predicted octanol–water partition coefficient (Wildman–Crippen LogP) is -2.83. The van der Waals surface area contributed by atoms with E-state index in [0.29, 0.717) is 16.5 Å². The molecule has 0 bridgehead atoms. The van der Waals surface area contributed by atoms with Crippen molar-refractivity contribution >= 4 is 23.6 Å². The van der Waals surface area contributed by atoms with Crippen LogP contribution in [0.15, 0.2) is 34.2 Å². The monoisotopic (exact) mass is 313 g/mol. The quantitative estimate of drug-likeness (QED) is 0.338. The first-order valence-electron chi connectivity index (χ1n) is 6.36. The van der Waals surface area contributed by atoms with Crippen LogP contribution < -0.4 is 34.7 Å². The number of thioether (sulfide) groups is 1. The van der Waals surface area contributed by atoms with Gasteiger partial charge in [0.15, 0.2) is 5.16 Å². The first-order valence-corrected chi connectivity index (χ1v) is 7.17. The molecule has 2 aliphatic rings. The van der Waals surface area contributed by atoms with Crippen LogP contribution in [0.4, 0.5) is 0 Å². The smallest absolute Gasteiger partial charge is 0.543 e. The van der Waals surface area contributed by atoms with Crippen molar-refractivity contribution in [3.8, 4) is 0 Å². The van der Waals surface area contributed by atoms with Gasteiger partial charge in [0.25, 0.3) is 0 Å². The van der Waals surface area contributed by atoms with Crippen molar-refractivity contribution in [3.63, 3.8) is 0 Å². The third-order valence-electron chi connectivity index (χ3n) is 3.64. The van der Waals surface area contributed by atoms with Crippen LogP contribution in [0.5, 0.6) is 0 Å². The zero-order chi connectivity index (χ0) is 14.3. The molecule has 21 heavy (non-hydrogen) atoms. The Balaban J connectivity index is 0.00000161. The zero-order valence-electron chi connectivity index (χ0n) is 11.8. The molecule has 0 aromatic carbocycles. The second kappa shape index (κ2) is 6.48. The molecule has 8 heteroatoms. The minimum Gasteiger partial charge on any atom is -0.543 e. The van der Waals surface area contributed by atoms with Crippen LogP contribution in [-0.4, -0.2) is 32.8 Å². The first-order chi connectivity index (χ1) is 9.63. The summed E-state index contributed by atoms with van der Waals surface area (Å²) in [4.78, 5) is 33.4. The Morgan fingerprint density at radius 2 is 2.14 bits per heavy atom. The fourth-order valence-corrected chi connectivity index (χ4v) is 3.71. The van der Waals surface area contributed by atoms with Crippen LogP contribution in [0.25, 0.3) is 0 Å². The van der Waals surface area contributed by atoms with Gasteiger partial charge in [0.05, 0.1) is 23.6 Å². The molecule has 3 heterocycles. The number of β-lactam (4-membered cyclic amide) rings is 1. The van der Waals surface area contributed by atoms with Gasteiger partial charge in [0, 0.05) is 23.7 Å². The summed E-state index contributed by atoms with van der Waals surface area (Å²) >= 11 is 1.19. The molecule has 6 nitrogen and oxygen atoms in total. The predicted molar refractivity (Wildman–Crippen MR) is 69.0 cm³/mol. The summed E-state index contributed by atoms with van der Waals surface area (Å²) in [5, 5.41) is 11.8. The maximum Gasteiger partial charge on any atom is 1.00 e. The molecule has 1 fully saturated rings. The van der Waals surface area contributed by atoms with E-state index < -0.39 is 5.97 Å². The largest absolute Gasteiger partial charge is 1.00 e. The van der Waals surface area contributed by atoms with Crippen molar-refractivity contribution in [2.75, 3.05) is 0 Å². The number of hydrogen-bond donors (Lipinski definition) is 0. The summed E-state index contributed by atoms with van der Waals surface area (Å²) in [6, 6.07) is 1.64. The summed E-state index contributed by atoms with van der Waals surface area (Å²) in [6.45, 7) is 1.93. The number of hydrogen-bond acceptors (Lipinski definition) is 6. The number of carboxylic acids is 1. The molecule has 0 spiro atoms. The molecule has 0 aliphatic carbocycles. The summed E-state index contributed by atoms with van der Waals surface area (Å²) in [5.41, 5.74) is -0.0119. The summed E-state index contributed by atoms with van der Waals surface area (Å²) in [6.07, 6.45) is 4.45. The van der Waals surface area contributed by atoms with Crippen LogP contribution in [0.3, 0.4) is 0 Å². The van der Waals surface area contributed by atoms with Gasteiger partial charge in [-0.15, -0.1) is 0 Å². The van der Waals surface area contributed by atoms with E-state index in [0.717, 1.165) is 6.42 Å². The molecule has 0 radical (unpaired) electrons. The van der Waals surface area contributed by atoms with Gasteiger partial charge in [-0.3, -0.25) is 4.79 Å². The van der Waals surface area contributed by atoms with Crippen LogP contribution in [0.1, 0.15) is 19.8 Å². The number of aromatic nitrogens is 2. The number of amides is 1. The second-order valence-electron chi connectivity index (χ2n) is 4.69. The normalized spacial score (nSPS) is 23.5. The van der Waals surface area contributed by atoms with Gasteiger partial charge in [-0.1, -0.05) is 18.7 Å². The first kappa shape index (κ1) is 16.5. The Morgan fingerprint density at radius 1 is 1.48 bits per heavy atom. The number of fused-ring (bicyclic) bond motifs is 1. The van der Waals surface area contributed by atoms with Gasteiger partial charge < -0.3 is 14.8 Å². The average Bonchev–Trinajstić information content (AvgIpc) is 2.76. The van der Waals surface area contributed by atoms with E-state index in [1.165, 1.54) is 16.7 Å². The Bertz CT molecular complexity index is 608. The molecule has 0 N–H and O–H groups in total. The summed E-state index contributed by atoms with van der Waals surface area (Å²) < 4.78 is 0. The van der Waals surface area contributed by atoms with Gasteiger partial charge in [0.1, 0.15) is 0 Å². The molecule has 1 saturated heterocycles. The minimum absolute atomic E-state index is 0. The van der Waals surface area contributed by atoms with Crippen molar-refractivity contribution in [2.45, 2.75) is 31.0 Å². The van der Waals surface area contributed by atoms with E-state index in [1.54, 1.807) is 18.5 Å². The molecule has 2 atom stereocenters. The molecule has 1 aromatic heterocycles. The van der Waals surface area contributed by atoms with Crippen LogP contribution >= 0.6 is 11.8 Å².